The van der Waals surface area contributed by atoms with E-state index in [2.05, 4.69) is 80.0 Å². The molecule has 0 aliphatic carbocycles. The van der Waals surface area contributed by atoms with Crippen molar-refractivity contribution in [2.24, 2.45) is 11.8 Å². The van der Waals surface area contributed by atoms with Crippen LogP contribution in [0.1, 0.15) is 215 Å². The molecule has 0 aromatic carbocycles. The van der Waals surface area contributed by atoms with Gasteiger partial charge in [-0.2, -0.15) is 0 Å². The monoisotopic (exact) mass is 1060 g/mol. The summed E-state index contributed by atoms with van der Waals surface area (Å²) in [4.78, 5) is 39.0. The predicted octanol–water partition coefficient (Wildman–Crippen LogP) is 13.1. The fourth-order valence-electron chi connectivity index (χ4n) is 10.0. The summed E-state index contributed by atoms with van der Waals surface area (Å²) in [6.07, 6.45) is 49.4. The molecule has 0 saturated carbocycles. The smallest absolute Gasteiger partial charge is 0.302 e. The number of ether oxygens (including phenoxy) is 7. The Morgan fingerprint density at radius 1 is 0.640 bits per heavy atom. The van der Waals surface area contributed by atoms with Crippen LogP contribution in [0.25, 0.3) is 0 Å². The standard InChI is InChI=1S/C62H111N3O10/c1-8-11-13-15-17-19-21-23-25-27-29-31-33-35-37-39-41-62(42-40-38-36-34-32-30-28-26-24-22-20-18-16-14-12-9-2)73-52-57(75-62)49-65(7)50-58(68)63-43-44-69-45-46-70-47-48-71-61-59(64-54(5)66)60(74-55(6)67)53(4)56(10-3)51-72-61/h17-20,23-26,53,56-57,59-61H,8-16,21-22,27-52H2,1-7H3,(H,63,68)(H,64,66)/b19-17-,20-18-,25-23-,26-24-/t53-,56?,57-,59?,60?,61+/m0/s1. The van der Waals surface area contributed by atoms with Crippen LogP contribution in [0.5, 0.6) is 0 Å². The third-order valence-electron chi connectivity index (χ3n) is 14.4. The molecule has 0 spiro atoms. The number of nitrogens with zero attached hydrogens (tertiary/aromatic N) is 1. The first-order valence-corrected chi connectivity index (χ1v) is 30.2. The summed E-state index contributed by atoms with van der Waals surface area (Å²) in [6.45, 7) is 15.2. The molecule has 2 rings (SSSR count). The molecule has 3 unspecified atom stereocenters. The largest absolute Gasteiger partial charge is 0.460 e. The van der Waals surface area contributed by atoms with Crippen molar-refractivity contribution in [3.05, 3.63) is 48.6 Å². The van der Waals surface area contributed by atoms with Crippen molar-refractivity contribution in [1.29, 1.82) is 0 Å². The lowest BCUT2D eigenvalue weighted by molar-refractivity contribution is -0.183. The van der Waals surface area contributed by atoms with Gasteiger partial charge in [0.1, 0.15) is 12.1 Å². The first-order chi connectivity index (χ1) is 36.5. The number of rotatable bonds is 47. The summed E-state index contributed by atoms with van der Waals surface area (Å²) >= 11 is 0. The third-order valence-corrected chi connectivity index (χ3v) is 14.4. The van der Waals surface area contributed by atoms with Crippen LogP contribution >= 0.6 is 0 Å². The number of hydrogen-bond donors (Lipinski definition) is 2. The van der Waals surface area contributed by atoms with Crippen LogP contribution in [0.3, 0.4) is 0 Å². The molecule has 2 saturated heterocycles. The molecule has 75 heavy (non-hydrogen) atoms. The van der Waals surface area contributed by atoms with E-state index in [1.807, 2.05) is 18.9 Å². The average molecular weight is 1060 g/mol. The Hall–Kier alpha value is -2.91. The van der Waals surface area contributed by atoms with Gasteiger partial charge in [0.05, 0.1) is 58.9 Å². The zero-order chi connectivity index (χ0) is 54.5. The Morgan fingerprint density at radius 2 is 1.15 bits per heavy atom. The number of hydrogen-bond acceptors (Lipinski definition) is 11. The molecule has 0 aromatic rings. The number of esters is 1. The second-order valence-electron chi connectivity index (χ2n) is 21.3. The topological polar surface area (TPSA) is 143 Å². The third kappa shape index (κ3) is 35.3. The molecule has 0 aromatic heterocycles. The van der Waals surface area contributed by atoms with Crippen LogP contribution in [0.4, 0.5) is 0 Å². The zero-order valence-corrected chi connectivity index (χ0v) is 48.8. The fraction of sp³-hybridized carbons (Fsp3) is 0.823. The Labute approximate surface area is 457 Å². The van der Waals surface area contributed by atoms with E-state index in [9.17, 15) is 14.4 Å². The van der Waals surface area contributed by atoms with E-state index >= 15 is 0 Å². The van der Waals surface area contributed by atoms with Crippen LogP contribution in [0.15, 0.2) is 48.6 Å². The highest BCUT2D eigenvalue weighted by Crippen LogP contribution is 2.35. The lowest BCUT2D eigenvalue weighted by atomic mass is 9.85. The summed E-state index contributed by atoms with van der Waals surface area (Å²) in [5, 5.41) is 5.86. The van der Waals surface area contributed by atoms with Gasteiger partial charge in [-0.3, -0.25) is 19.3 Å². The molecule has 13 nitrogen and oxygen atoms in total. The van der Waals surface area contributed by atoms with Gasteiger partial charge >= 0.3 is 5.97 Å². The van der Waals surface area contributed by atoms with Crippen molar-refractivity contribution in [1.82, 2.24) is 15.5 Å². The number of allylic oxidation sites excluding steroid dienone is 8. The van der Waals surface area contributed by atoms with Crippen LogP contribution in [0.2, 0.25) is 0 Å². The molecule has 2 heterocycles. The number of amides is 2. The molecule has 2 N–H and O–H groups in total. The van der Waals surface area contributed by atoms with Crippen LogP contribution in [-0.2, 0) is 47.5 Å². The molecule has 434 valence electrons. The minimum atomic E-state index is -0.793. The Balaban J connectivity index is 1.69. The quantitative estimate of drug-likeness (QED) is 0.0342. The Bertz CT molecular complexity index is 1490. The van der Waals surface area contributed by atoms with Gasteiger partial charge in [0.15, 0.2) is 12.1 Å². The minimum Gasteiger partial charge on any atom is -0.460 e. The van der Waals surface area contributed by atoms with Crippen molar-refractivity contribution in [2.45, 2.75) is 245 Å². The van der Waals surface area contributed by atoms with E-state index in [-0.39, 0.29) is 49.5 Å². The maximum absolute atomic E-state index is 12.9. The van der Waals surface area contributed by atoms with Crippen molar-refractivity contribution >= 4 is 17.8 Å². The number of nitrogens with one attached hydrogen (secondary N) is 2. The predicted molar refractivity (Wildman–Crippen MR) is 305 cm³/mol. The first kappa shape index (κ1) is 68.2. The van der Waals surface area contributed by atoms with E-state index in [0.717, 1.165) is 44.9 Å². The highest BCUT2D eigenvalue weighted by molar-refractivity contribution is 5.78. The molecule has 2 aliphatic rings. The Kier molecular flexibility index (Phi) is 41.9. The molecule has 0 bridgehead atoms. The van der Waals surface area contributed by atoms with E-state index in [1.165, 1.54) is 142 Å². The second kappa shape index (κ2) is 46.0. The molecule has 13 heteroatoms. The summed E-state index contributed by atoms with van der Waals surface area (Å²) < 4.78 is 42.6. The molecule has 0 radical (unpaired) electrons. The van der Waals surface area contributed by atoms with Gasteiger partial charge in [0.25, 0.3) is 0 Å². The summed E-state index contributed by atoms with van der Waals surface area (Å²) in [6, 6.07) is -0.650. The fourth-order valence-corrected chi connectivity index (χ4v) is 10.0. The SMILES string of the molecule is CCCCC/C=C\C/C=C\CCCCCCCCC1(CCCCCCCC/C=C\C/C=C\CCCCC)OC[C@H](CN(C)CC(=O)NCCOCCOCCO[C@@H]2OCC(CC)[C@H](C)C(OC(C)=O)C2NC(C)=O)O1. The summed E-state index contributed by atoms with van der Waals surface area (Å²) in [5.74, 6) is -1.15. The van der Waals surface area contributed by atoms with Crippen molar-refractivity contribution in [3.63, 3.8) is 0 Å². The van der Waals surface area contributed by atoms with Gasteiger partial charge in [-0.25, -0.2) is 0 Å². The van der Waals surface area contributed by atoms with Gasteiger partial charge in [-0.1, -0.05) is 160 Å². The molecular formula is C62H111N3O10. The molecular weight excluding hydrogens is 947 g/mol. The number of carbonyl (C=O) groups excluding carboxylic acids is 3. The number of carbonyl (C=O) groups is 3. The second-order valence-corrected chi connectivity index (χ2v) is 21.3. The maximum Gasteiger partial charge on any atom is 0.302 e. The molecule has 6 atom stereocenters. The first-order valence-electron chi connectivity index (χ1n) is 30.2. The van der Waals surface area contributed by atoms with Crippen molar-refractivity contribution < 1.29 is 47.5 Å². The van der Waals surface area contributed by atoms with E-state index in [0.29, 0.717) is 46.1 Å². The van der Waals surface area contributed by atoms with Gasteiger partial charge in [0.2, 0.25) is 11.8 Å². The van der Waals surface area contributed by atoms with Gasteiger partial charge in [-0.05, 0) is 90.0 Å². The lowest BCUT2D eigenvalue weighted by Crippen LogP contribution is -2.54. The maximum atomic E-state index is 12.9. The Morgan fingerprint density at radius 3 is 1.67 bits per heavy atom. The number of unbranched alkanes of at least 4 members (excludes halogenated alkanes) is 18. The van der Waals surface area contributed by atoms with E-state index in [4.69, 9.17) is 33.2 Å². The zero-order valence-electron chi connectivity index (χ0n) is 48.8. The summed E-state index contributed by atoms with van der Waals surface area (Å²) in [7, 11) is 1.97. The minimum absolute atomic E-state index is 0.0342. The average Bonchev–Trinajstić information content (AvgIpc) is 3.73. The molecule has 2 fully saturated rings. The van der Waals surface area contributed by atoms with E-state index in [1.54, 1.807) is 0 Å². The van der Waals surface area contributed by atoms with Crippen molar-refractivity contribution in [3.8, 4) is 0 Å². The highest BCUT2D eigenvalue weighted by atomic mass is 16.7. The molecule has 2 aliphatic heterocycles. The molecule has 2 amide bonds. The van der Waals surface area contributed by atoms with Crippen LogP contribution in [0, 0.1) is 11.8 Å². The van der Waals surface area contributed by atoms with Gasteiger partial charge in [-0.15, -0.1) is 0 Å². The van der Waals surface area contributed by atoms with Gasteiger partial charge < -0.3 is 43.8 Å². The van der Waals surface area contributed by atoms with Crippen LogP contribution in [-0.4, -0.2) is 126 Å². The summed E-state index contributed by atoms with van der Waals surface area (Å²) in [5.41, 5.74) is 0. The normalized spacial score (nSPS) is 21.1. The van der Waals surface area contributed by atoms with Crippen molar-refractivity contribution in [2.75, 3.05) is 72.9 Å². The highest BCUT2D eigenvalue weighted by Gasteiger charge is 2.44. The van der Waals surface area contributed by atoms with Crippen LogP contribution < -0.4 is 10.6 Å². The van der Waals surface area contributed by atoms with E-state index < -0.39 is 30.2 Å². The lowest BCUT2D eigenvalue weighted by Gasteiger charge is -2.34. The van der Waals surface area contributed by atoms with Gasteiger partial charge in [0, 0.05) is 45.7 Å². The number of likely N-dealkylation sites (N-methyl/N-ethyl adjacent to an activating group) is 1.